The molecule has 0 bridgehead atoms. The molecule has 0 fully saturated rings. The molecular weight excluding hydrogens is 165 g/mol. The van der Waals surface area contributed by atoms with Gasteiger partial charge in [0.1, 0.15) is 6.49 Å². The van der Waals surface area contributed by atoms with Crippen molar-refractivity contribution in [1.29, 1.82) is 0 Å². The predicted octanol–water partition coefficient (Wildman–Crippen LogP) is 0.908. The minimum atomic E-state index is -2.12. The van der Waals surface area contributed by atoms with Gasteiger partial charge < -0.3 is 0 Å². The van der Waals surface area contributed by atoms with Gasteiger partial charge in [-0.05, 0) is 18.2 Å². The zero-order valence-corrected chi connectivity index (χ0v) is 8.05. The van der Waals surface area contributed by atoms with Gasteiger partial charge in [0.2, 0.25) is 0 Å². The van der Waals surface area contributed by atoms with E-state index in [1.54, 1.807) is 0 Å². The van der Waals surface area contributed by atoms with Crippen LogP contribution in [0.4, 0.5) is 0 Å². The summed E-state index contributed by atoms with van der Waals surface area (Å²) in [4.78, 5) is 0. The van der Waals surface area contributed by atoms with E-state index in [1.807, 2.05) is 0 Å². The minimum absolute atomic E-state index is 0.859. The van der Waals surface area contributed by atoms with Crippen LogP contribution in [-0.2, 0) is 11.8 Å². The third-order valence-corrected chi connectivity index (χ3v) is 2.24. The average Bonchev–Trinajstić information content (AvgIpc) is 1.78. The van der Waals surface area contributed by atoms with Crippen LogP contribution < -0.4 is 16.1 Å². The maximum atomic E-state index is 5.41. The van der Waals surface area contributed by atoms with Crippen LogP contribution in [0.1, 0.15) is 26.2 Å². The lowest BCUT2D eigenvalue weighted by Crippen LogP contribution is -2.22. The van der Waals surface area contributed by atoms with Gasteiger partial charge in [-0.25, -0.2) is 0 Å². The Balaban J connectivity index is 3.13. The Kier molecular flexibility index (Phi) is 5.49. The molecule has 0 aliphatic heterocycles. The first-order valence-electron chi connectivity index (χ1n) is 3.48. The molecule has 0 heterocycles. The molecule has 0 aromatic heterocycles. The van der Waals surface area contributed by atoms with Crippen molar-refractivity contribution in [1.82, 2.24) is 5.09 Å². The van der Waals surface area contributed by atoms with Crippen LogP contribution in [0.2, 0.25) is 0 Å². The molecule has 0 aromatic rings. The summed E-state index contributed by atoms with van der Waals surface area (Å²) in [5, 5.41) is 2.94. The molecule has 10 heavy (non-hydrogen) atoms. The van der Waals surface area contributed by atoms with Crippen molar-refractivity contribution in [3.05, 3.63) is 0 Å². The third kappa shape index (κ3) is 8.53. The molecule has 0 amide bonds. The zero-order valence-electron chi connectivity index (χ0n) is 6.34. The minimum Gasteiger partial charge on any atom is -0.280 e. The van der Waals surface area contributed by atoms with Crippen LogP contribution in [0.15, 0.2) is 0 Å². The summed E-state index contributed by atoms with van der Waals surface area (Å²) in [6.07, 6.45) is 3.53. The molecule has 3 nitrogen and oxygen atoms in total. The van der Waals surface area contributed by atoms with Gasteiger partial charge in [-0.15, -0.1) is 0 Å². The van der Waals surface area contributed by atoms with E-state index in [4.69, 9.17) is 22.8 Å². The molecule has 0 unspecified atom stereocenters. The maximum Gasteiger partial charge on any atom is 0.132 e. The van der Waals surface area contributed by atoms with Gasteiger partial charge in [-0.3, -0.25) is 16.1 Å². The second-order valence-corrected chi connectivity index (χ2v) is 5.87. The van der Waals surface area contributed by atoms with E-state index >= 15 is 0 Å². The highest BCUT2D eigenvalue weighted by Crippen LogP contribution is 2.17. The van der Waals surface area contributed by atoms with Crippen molar-refractivity contribution in [2.45, 2.75) is 26.2 Å². The monoisotopic (exact) mass is 181 g/mol. The summed E-state index contributed by atoms with van der Waals surface area (Å²) in [5.74, 6) is 0. The van der Waals surface area contributed by atoms with Crippen molar-refractivity contribution < 1.29 is 0 Å². The van der Waals surface area contributed by atoms with Gasteiger partial charge >= 0.3 is 0 Å². The summed E-state index contributed by atoms with van der Waals surface area (Å²) in [7, 11) is 0. The van der Waals surface area contributed by atoms with Crippen molar-refractivity contribution in [2.75, 3.05) is 6.54 Å². The lowest BCUT2D eigenvalue weighted by atomic mass is 10.3. The Hall–Kier alpha value is 0.530. The van der Waals surface area contributed by atoms with Crippen LogP contribution in [0.25, 0.3) is 0 Å². The average molecular weight is 181 g/mol. The van der Waals surface area contributed by atoms with Gasteiger partial charge in [0.05, 0.1) is 0 Å². The fourth-order valence-corrected chi connectivity index (χ4v) is 1.41. The first kappa shape index (κ1) is 10.5. The fourth-order valence-electron chi connectivity index (χ4n) is 0.629. The highest BCUT2D eigenvalue weighted by molar-refractivity contribution is 8.11. The van der Waals surface area contributed by atoms with Crippen molar-refractivity contribution in [3.8, 4) is 0 Å². The first-order chi connectivity index (χ1) is 4.56. The SMILES string of the molecule is CCCCCNP(N)(N)=S. The molecule has 0 rings (SSSR count). The second kappa shape index (κ2) is 5.22. The van der Waals surface area contributed by atoms with Crippen LogP contribution in [0.5, 0.6) is 0 Å². The van der Waals surface area contributed by atoms with Gasteiger partial charge in [-0.2, -0.15) is 0 Å². The van der Waals surface area contributed by atoms with Crippen LogP contribution in [0, 0.1) is 0 Å². The summed E-state index contributed by atoms with van der Waals surface area (Å²) in [5.41, 5.74) is 10.8. The molecule has 5 N–H and O–H groups in total. The standard InChI is InChI=1S/C5H16N3PS/c1-2-3-4-5-8-9(6,7)10/h2-5H2,1H3,(H5,6,7,8,10). The van der Waals surface area contributed by atoms with Gasteiger partial charge in [0.15, 0.2) is 0 Å². The Morgan fingerprint density at radius 1 is 1.40 bits per heavy atom. The predicted molar refractivity (Wildman–Crippen MR) is 50.2 cm³/mol. The van der Waals surface area contributed by atoms with E-state index in [1.165, 1.54) is 12.8 Å². The Labute approximate surface area is 67.7 Å². The molecule has 62 valence electrons. The molecule has 0 atom stereocenters. The Bertz CT molecular complexity index is 122. The lowest BCUT2D eigenvalue weighted by molar-refractivity contribution is 0.704. The Morgan fingerprint density at radius 2 is 2.00 bits per heavy atom. The highest BCUT2D eigenvalue weighted by Gasteiger charge is 1.98. The fraction of sp³-hybridized carbons (Fsp3) is 1.00. The number of hydrogen-bond donors (Lipinski definition) is 3. The van der Waals surface area contributed by atoms with E-state index in [-0.39, 0.29) is 0 Å². The van der Waals surface area contributed by atoms with E-state index in [0.29, 0.717) is 0 Å². The quantitative estimate of drug-likeness (QED) is 0.435. The molecule has 0 aliphatic carbocycles. The Morgan fingerprint density at radius 3 is 2.40 bits per heavy atom. The van der Waals surface area contributed by atoms with E-state index < -0.39 is 6.49 Å². The summed E-state index contributed by atoms with van der Waals surface area (Å²) >= 11 is 4.79. The van der Waals surface area contributed by atoms with Gasteiger partial charge in [0.25, 0.3) is 0 Å². The van der Waals surface area contributed by atoms with Crippen molar-refractivity contribution in [3.63, 3.8) is 0 Å². The lowest BCUT2D eigenvalue weighted by Gasteiger charge is -2.10. The van der Waals surface area contributed by atoms with Crippen LogP contribution >= 0.6 is 6.49 Å². The van der Waals surface area contributed by atoms with Crippen molar-refractivity contribution in [2.24, 2.45) is 11.0 Å². The van der Waals surface area contributed by atoms with Crippen LogP contribution in [-0.4, -0.2) is 6.54 Å². The number of rotatable bonds is 5. The smallest absolute Gasteiger partial charge is 0.132 e. The molecule has 0 aliphatic rings. The molecule has 0 spiro atoms. The normalized spacial score (nSPS) is 11.9. The van der Waals surface area contributed by atoms with E-state index in [9.17, 15) is 0 Å². The largest absolute Gasteiger partial charge is 0.280 e. The maximum absolute atomic E-state index is 5.41. The number of unbranched alkanes of at least 4 members (excludes halogenated alkanes) is 2. The second-order valence-electron chi connectivity index (χ2n) is 2.32. The molecule has 0 radical (unpaired) electrons. The van der Waals surface area contributed by atoms with Gasteiger partial charge in [-0.1, -0.05) is 19.8 Å². The number of nitrogens with one attached hydrogen (secondary N) is 1. The topological polar surface area (TPSA) is 64.1 Å². The number of nitrogens with two attached hydrogens (primary N) is 2. The molecular formula is C5H16N3PS. The molecule has 5 heteroatoms. The van der Waals surface area contributed by atoms with Crippen LogP contribution in [0.3, 0.4) is 0 Å². The molecule has 0 saturated heterocycles. The molecule has 0 saturated carbocycles. The summed E-state index contributed by atoms with van der Waals surface area (Å²) in [6, 6.07) is 0. The first-order valence-corrected chi connectivity index (χ1v) is 6.42. The van der Waals surface area contributed by atoms with Gasteiger partial charge in [0, 0.05) is 6.54 Å². The third-order valence-electron chi connectivity index (χ3n) is 1.14. The molecule has 0 aromatic carbocycles. The van der Waals surface area contributed by atoms with E-state index in [0.717, 1.165) is 13.0 Å². The van der Waals surface area contributed by atoms with Crippen molar-refractivity contribution >= 4 is 18.3 Å². The summed E-state index contributed by atoms with van der Waals surface area (Å²) < 4.78 is 0. The van der Waals surface area contributed by atoms with E-state index in [2.05, 4.69) is 12.0 Å². The highest BCUT2D eigenvalue weighted by atomic mass is 32.4. The number of hydrogen-bond acceptors (Lipinski definition) is 1. The zero-order chi connectivity index (χ0) is 8.04. The summed E-state index contributed by atoms with van der Waals surface area (Å²) in [6.45, 7) is 0.890.